The summed E-state index contributed by atoms with van der Waals surface area (Å²) in [5.41, 5.74) is 6.63. The van der Waals surface area contributed by atoms with Crippen LogP contribution in [0.15, 0.2) is 97.1 Å². The van der Waals surface area contributed by atoms with Gasteiger partial charge in [-0.15, -0.1) is 0 Å². The van der Waals surface area contributed by atoms with Gasteiger partial charge in [0.25, 0.3) is 0 Å². The van der Waals surface area contributed by atoms with Crippen molar-refractivity contribution < 1.29 is 28.4 Å². The van der Waals surface area contributed by atoms with Gasteiger partial charge in [0.05, 0.1) is 25.4 Å². The molecule has 0 spiro atoms. The van der Waals surface area contributed by atoms with Crippen LogP contribution in [-0.2, 0) is 44.4 Å². The highest BCUT2D eigenvalue weighted by molar-refractivity contribution is 5.46. The zero-order valence-electron chi connectivity index (χ0n) is 26.7. The second-order valence-corrected chi connectivity index (χ2v) is 12.1. The summed E-state index contributed by atoms with van der Waals surface area (Å²) in [5.74, 6) is 0.483. The van der Waals surface area contributed by atoms with E-state index in [2.05, 4.69) is 75.4 Å². The zero-order valence-corrected chi connectivity index (χ0v) is 26.7. The molecule has 5 atom stereocenters. The van der Waals surface area contributed by atoms with Crippen molar-refractivity contribution in [1.82, 2.24) is 0 Å². The molecule has 0 bridgehead atoms. The van der Waals surface area contributed by atoms with Gasteiger partial charge in [-0.25, -0.2) is 0 Å². The topological polar surface area (TPSA) is 55.4 Å². The third-order valence-electron chi connectivity index (χ3n) is 9.12. The molecule has 1 saturated heterocycles. The number of ether oxygens (including phenoxy) is 6. The lowest BCUT2D eigenvalue weighted by Gasteiger charge is -2.52. The van der Waals surface area contributed by atoms with Crippen LogP contribution < -0.4 is 9.47 Å². The summed E-state index contributed by atoms with van der Waals surface area (Å²) in [7, 11) is 1.72. The van der Waals surface area contributed by atoms with Crippen molar-refractivity contribution >= 4 is 0 Å². The van der Waals surface area contributed by atoms with Crippen LogP contribution in [0.3, 0.4) is 0 Å². The molecule has 6 nitrogen and oxygen atoms in total. The Morgan fingerprint density at radius 2 is 1.42 bits per heavy atom. The van der Waals surface area contributed by atoms with E-state index in [0.717, 1.165) is 46.6 Å². The molecule has 0 aromatic heterocycles. The minimum Gasteiger partial charge on any atom is -0.486 e. The summed E-state index contributed by atoms with van der Waals surface area (Å²) in [4.78, 5) is 0. The fraction of sp³-hybridized carbons (Fsp3) is 0.385. The summed E-state index contributed by atoms with van der Waals surface area (Å²) < 4.78 is 38.7. The Kier molecular flexibility index (Phi) is 9.86. The van der Waals surface area contributed by atoms with Crippen LogP contribution in [-0.4, -0.2) is 38.6 Å². The second kappa shape index (κ2) is 14.2. The molecule has 4 aromatic rings. The Balaban J connectivity index is 1.37. The van der Waals surface area contributed by atoms with Gasteiger partial charge in [0, 0.05) is 18.6 Å². The monoisotopic (exact) mass is 608 g/mol. The molecule has 2 aliphatic heterocycles. The number of methoxy groups -OCH3 is 1. The van der Waals surface area contributed by atoms with Gasteiger partial charge in [-0.2, -0.15) is 0 Å². The fourth-order valence-corrected chi connectivity index (χ4v) is 6.54. The smallest absolute Gasteiger partial charge is 0.224 e. The van der Waals surface area contributed by atoms with Crippen LogP contribution in [0.1, 0.15) is 53.6 Å². The molecule has 1 unspecified atom stereocenters. The summed E-state index contributed by atoms with van der Waals surface area (Å²) in [5, 5.41) is 0. The first-order valence-electron chi connectivity index (χ1n) is 16.0. The van der Waals surface area contributed by atoms with Crippen molar-refractivity contribution in [3.05, 3.63) is 130 Å². The number of benzene rings is 4. The molecule has 0 radical (unpaired) electrons. The third kappa shape index (κ3) is 6.80. The average molecular weight is 609 g/mol. The van der Waals surface area contributed by atoms with Crippen molar-refractivity contribution in [1.29, 1.82) is 0 Å². The van der Waals surface area contributed by atoms with E-state index < -0.39 is 11.9 Å². The van der Waals surface area contributed by atoms with Crippen LogP contribution in [0.25, 0.3) is 0 Å². The third-order valence-corrected chi connectivity index (χ3v) is 9.12. The molecule has 45 heavy (non-hydrogen) atoms. The second-order valence-electron chi connectivity index (χ2n) is 12.1. The Labute approximate surface area is 267 Å². The van der Waals surface area contributed by atoms with Crippen molar-refractivity contribution in [2.24, 2.45) is 5.92 Å². The largest absolute Gasteiger partial charge is 0.486 e. The van der Waals surface area contributed by atoms with Gasteiger partial charge in [-0.3, -0.25) is 0 Å². The van der Waals surface area contributed by atoms with E-state index in [9.17, 15) is 0 Å². The van der Waals surface area contributed by atoms with Crippen molar-refractivity contribution in [3.8, 4) is 11.5 Å². The maximum absolute atomic E-state index is 7.01. The Morgan fingerprint density at radius 1 is 0.756 bits per heavy atom. The molecule has 2 aliphatic rings. The zero-order chi connectivity index (χ0) is 31.2. The van der Waals surface area contributed by atoms with Crippen LogP contribution in [0.2, 0.25) is 0 Å². The molecule has 6 heteroatoms. The summed E-state index contributed by atoms with van der Waals surface area (Å²) in [6, 6.07) is 33.2. The number of rotatable bonds is 11. The summed E-state index contributed by atoms with van der Waals surface area (Å²) in [6.07, 6.45) is 0.639. The molecule has 0 amide bonds. The molecule has 0 saturated carbocycles. The molecular weight excluding hydrogens is 564 g/mol. The predicted molar refractivity (Wildman–Crippen MR) is 174 cm³/mol. The SMILES string of the molecule is CC[C@H]1OC(OC)(c2ccc(C)c(Cc3ccc4c(c3)OCCO4)c2)[C@H](OCc2ccccc2)[C@@H](OCc2ccccc2)[C@@H]1C. The van der Waals surface area contributed by atoms with E-state index in [1.807, 2.05) is 42.5 Å². The molecule has 1 fully saturated rings. The van der Waals surface area contributed by atoms with E-state index in [1.54, 1.807) is 7.11 Å². The first kappa shape index (κ1) is 31.3. The van der Waals surface area contributed by atoms with Gasteiger partial charge < -0.3 is 28.4 Å². The van der Waals surface area contributed by atoms with E-state index in [1.165, 1.54) is 11.1 Å². The van der Waals surface area contributed by atoms with Crippen molar-refractivity contribution in [3.63, 3.8) is 0 Å². The summed E-state index contributed by atoms with van der Waals surface area (Å²) >= 11 is 0. The molecule has 0 aliphatic carbocycles. The van der Waals surface area contributed by atoms with Gasteiger partial charge in [0.2, 0.25) is 5.79 Å². The maximum atomic E-state index is 7.01. The first-order chi connectivity index (χ1) is 22.0. The van der Waals surface area contributed by atoms with E-state index in [-0.39, 0.29) is 18.1 Å². The minimum absolute atomic E-state index is 0.0744. The number of aryl methyl sites for hydroxylation is 1. The van der Waals surface area contributed by atoms with Crippen molar-refractivity contribution in [2.45, 2.75) is 70.9 Å². The number of hydrogen-bond acceptors (Lipinski definition) is 6. The van der Waals surface area contributed by atoms with Crippen LogP contribution in [0.5, 0.6) is 11.5 Å². The molecular formula is C39H44O6. The highest BCUT2D eigenvalue weighted by Gasteiger charge is 2.56. The molecule has 2 heterocycles. The standard InChI is InChI=1S/C39H44O6/c1-5-34-28(3)37(43-25-29-12-8-6-9-13-29)38(44-26-30-14-10-7-11-15-30)39(40-4,45-34)33-18-16-27(2)32(24-33)22-31-17-19-35-36(23-31)42-21-20-41-35/h6-19,23-24,28,34,37-38H,5,20-22,25-26H2,1-4H3/t28-,34-,37+,38-,39?/m1/s1. The van der Waals surface area contributed by atoms with E-state index >= 15 is 0 Å². The van der Waals surface area contributed by atoms with Crippen molar-refractivity contribution in [2.75, 3.05) is 20.3 Å². The minimum atomic E-state index is -1.18. The Morgan fingerprint density at radius 3 is 2.09 bits per heavy atom. The number of fused-ring (bicyclic) bond motifs is 1. The van der Waals surface area contributed by atoms with E-state index in [4.69, 9.17) is 28.4 Å². The van der Waals surface area contributed by atoms with Gasteiger partial charge in [-0.1, -0.05) is 92.7 Å². The Bertz CT molecular complexity index is 1540. The van der Waals surface area contributed by atoms with Gasteiger partial charge in [0.15, 0.2) is 11.5 Å². The molecule has 0 N–H and O–H groups in total. The highest BCUT2D eigenvalue weighted by Crippen LogP contribution is 2.46. The lowest BCUT2D eigenvalue weighted by atomic mass is 9.81. The summed E-state index contributed by atoms with van der Waals surface area (Å²) in [6.45, 7) is 8.52. The van der Waals surface area contributed by atoms with Gasteiger partial charge >= 0.3 is 0 Å². The van der Waals surface area contributed by atoms with Crippen LogP contribution >= 0.6 is 0 Å². The fourth-order valence-electron chi connectivity index (χ4n) is 6.54. The molecule has 4 aromatic carbocycles. The van der Waals surface area contributed by atoms with Crippen LogP contribution in [0.4, 0.5) is 0 Å². The molecule has 6 rings (SSSR count). The highest BCUT2D eigenvalue weighted by atomic mass is 16.7. The predicted octanol–water partition coefficient (Wildman–Crippen LogP) is 7.77. The lowest BCUT2D eigenvalue weighted by Crippen LogP contribution is -2.62. The lowest BCUT2D eigenvalue weighted by molar-refractivity contribution is -0.369. The van der Waals surface area contributed by atoms with Crippen LogP contribution in [0, 0.1) is 12.8 Å². The molecule has 236 valence electrons. The normalized spacial score (nSPS) is 24.4. The van der Waals surface area contributed by atoms with E-state index in [0.29, 0.717) is 26.4 Å². The maximum Gasteiger partial charge on any atom is 0.224 e. The van der Waals surface area contributed by atoms with Gasteiger partial charge in [0.1, 0.15) is 19.3 Å². The first-order valence-corrected chi connectivity index (χ1v) is 16.0. The van der Waals surface area contributed by atoms with Gasteiger partial charge in [-0.05, 0) is 65.8 Å². The Hall–Kier alpha value is -3.68. The average Bonchev–Trinajstić information content (AvgIpc) is 3.09. The quantitative estimate of drug-likeness (QED) is 0.173. The number of hydrogen-bond donors (Lipinski definition) is 0.